The highest BCUT2D eigenvalue weighted by atomic mass is 16.5. The van der Waals surface area contributed by atoms with Gasteiger partial charge in [-0.25, -0.2) is 0 Å². The van der Waals surface area contributed by atoms with Gasteiger partial charge in [0, 0.05) is 25.7 Å². The number of amides is 1. The Kier molecular flexibility index (Phi) is 5.22. The lowest BCUT2D eigenvalue weighted by Gasteiger charge is -2.26. The molecule has 16 heavy (non-hydrogen) atoms. The molecule has 1 rings (SSSR count). The third kappa shape index (κ3) is 4.49. The van der Waals surface area contributed by atoms with Gasteiger partial charge in [0.05, 0.1) is 5.60 Å². The molecular formula is C12H23NO3. The van der Waals surface area contributed by atoms with Crippen LogP contribution >= 0.6 is 0 Å². The van der Waals surface area contributed by atoms with Gasteiger partial charge in [0.2, 0.25) is 5.91 Å². The molecule has 4 nitrogen and oxygen atoms in total. The van der Waals surface area contributed by atoms with Gasteiger partial charge in [0.25, 0.3) is 0 Å². The van der Waals surface area contributed by atoms with E-state index in [-0.39, 0.29) is 11.8 Å². The van der Waals surface area contributed by atoms with Gasteiger partial charge < -0.3 is 15.2 Å². The molecule has 1 aliphatic heterocycles. The molecule has 0 aromatic heterocycles. The van der Waals surface area contributed by atoms with Crippen molar-refractivity contribution in [2.45, 2.75) is 45.1 Å². The second kappa shape index (κ2) is 6.21. The fraction of sp³-hybridized carbons (Fsp3) is 0.917. The van der Waals surface area contributed by atoms with E-state index in [0.29, 0.717) is 26.2 Å². The zero-order valence-electron chi connectivity index (χ0n) is 10.3. The third-order valence-corrected chi connectivity index (χ3v) is 3.02. The number of aliphatic hydroxyl groups is 1. The van der Waals surface area contributed by atoms with Crippen molar-refractivity contribution in [1.29, 1.82) is 0 Å². The lowest BCUT2D eigenvalue weighted by Crippen LogP contribution is -2.43. The van der Waals surface area contributed by atoms with Crippen molar-refractivity contribution in [1.82, 2.24) is 5.32 Å². The average Bonchev–Trinajstić information content (AvgIpc) is 2.27. The fourth-order valence-electron chi connectivity index (χ4n) is 2.01. The zero-order valence-corrected chi connectivity index (χ0v) is 10.3. The summed E-state index contributed by atoms with van der Waals surface area (Å²) in [6.45, 7) is 5.47. The summed E-state index contributed by atoms with van der Waals surface area (Å²) >= 11 is 0. The Morgan fingerprint density at radius 3 is 2.69 bits per heavy atom. The van der Waals surface area contributed by atoms with Crippen LogP contribution in [0.3, 0.4) is 0 Å². The Balaban J connectivity index is 2.28. The van der Waals surface area contributed by atoms with Crippen LogP contribution in [-0.4, -0.2) is 36.4 Å². The van der Waals surface area contributed by atoms with Gasteiger partial charge in [-0.2, -0.15) is 0 Å². The Bertz CT molecular complexity index is 222. The molecular weight excluding hydrogens is 206 g/mol. The Morgan fingerprint density at radius 2 is 2.12 bits per heavy atom. The van der Waals surface area contributed by atoms with E-state index in [1.807, 2.05) is 6.92 Å². The van der Waals surface area contributed by atoms with Crippen LogP contribution in [0.2, 0.25) is 0 Å². The van der Waals surface area contributed by atoms with Gasteiger partial charge in [-0.05, 0) is 26.2 Å². The normalized spacial score (nSPS) is 21.4. The summed E-state index contributed by atoms with van der Waals surface area (Å²) in [7, 11) is 0. The molecule has 1 aliphatic rings. The summed E-state index contributed by atoms with van der Waals surface area (Å²) < 4.78 is 5.20. The smallest absolute Gasteiger partial charge is 0.223 e. The van der Waals surface area contributed by atoms with Crippen LogP contribution in [0.25, 0.3) is 0 Å². The van der Waals surface area contributed by atoms with Crippen LogP contribution in [0.15, 0.2) is 0 Å². The van der Waals surface area contributed by atoms with E-state index in [1.165, 1.54) is 0 Å². The molecule has 1 atom stereocenters. The second-order valence-electron chi connectivity index (χ2n) is 4.85. The number of rotatable bonds is 5. The van der Waals surface area contributed by atoms with E-state index in [2.05, 4.69) is 5.32 Å². The molecule has 1 amide bonds. The molecule has 1 fully saturated rings. The van der Waals surface area contributed by atoms with Crippen molar-refractivity contribution in [2.75, 3.05) is 19.8 Å². The molecule has 0 aromatic rings. The summed E-state index contributed by atoms with van der Waals surface area (Å²) in [5.41, 5.74) is -0.782. The summed E-state index contributed by atoms with van der Waals surface area (Å²) in [4.78, 5) is 11.8. The van der Waals surface area contributed by atoms with Gasteiger partial charge in [-0.15, -0.1) is 0 Å². The third-order valence-electron chi connectivity index (χ3n) is 3.02. The van der Waals surface area contributed by atoms with Crippen LogP contribution < -0.4 is 5.32 Å². The maximum atomic E-state index is 11.8. The van der Waals surface area contributed by atoms with E-state index in [1.54, 1.807) is 6.92 Å². The first-order valence-electron chi connectivity index (χ1n) is 6.13. The molecule has 0 bridgehead atoms. The number of hydrogen-bond acceptors (Lipinski definition) is 3. The number of ether oxygens (including phenoxy) is 1. The van der Waals surface area contributed by atoms with Crippen LogP contribution in [0, 0.1) is 5.92 Å². The van der Waals surface area contributed by atoms with Gasteiger partial charge in [-0.1, -0.05) is 13.3 Å². The molecule has 1 heterocycles. The molecule has 0 aromatic carbocycles. The maximum Gasteiger partial charge on any atom is 0.223 e. The number of nitrogens with one attached hydrogen (secondary N) is 1. The molecule has 94 valence electrons. The minimum Gasteiger partial charge on any atom is -0.388 e. The van der Waals surface area contributed by atoms with Gasteiger partial charge >= 0.3 is 0 Å². The summed E-state index contributed by atoms with van der Waals surface area (Å²) in [5.74, 6) is 0.117. The summed E-state index contributed by atoms with van der Waals surface area (Å²) in [6, 6.07) is 0. The number of carbonyl (C=O) groups excluding carboxylic acids is 1. The molecule has 0 radical (unpaired) electrons. The van der Waals surface area contributed by atoms with Gasteiger partial charge in [0.1, 0.15) is 0 Å². The van der Waals surface area contributed by atoms with Crippen molar-refractivity contribution in [3.8, 4) is 0 Å². The van der Waals surface area contributed by atoms with Crippen molar-refractivity contribution in [3.05, 3.63) is 0 Å². The standard InChI is InChI=1S/C12H23NO3/c1-3-6-12(2,15)9-13-11(14)10-4-7-16-8-5-10/h10,15H,3-9H2,1-2H3,(H,13,14). The molecule has 0 saturated carbocycles. The Labute approximate surface area is 97.4 Å². The summed E-state index contributed by atoms with van der Waals surface area (Å²) in [6.07, 6.45) is 3.21. The molecule has 0 aliphatic carbocycles. The Hall–Kier alpha value is -0.610. The van der Waals surface area contributed by atoms with Crippen LogP contribution in [0.5, 0.6) is 0 Å². The first kappa shape index (κ1) is 13.5. The lowest BCUT2D eigenvalue weighted by molar-refractivity contribution is -0.129. The first-order valence-corrected chi connectivity index (χ1v) is 6.13. The zero-order chi connectivity index (χ0) is 12.0. The van der Waals surface area contributed by atoms with Gasteiger partial charge in [0.15, 0.2) is 0 Å². The second-order valence-corrected chi connectivity index (χ2v) is 4.85. The average molecular weight is 229 g/mol. The van der Waals surface area contributed by atoms with E-state index in [4.69, 9.17) is 4.74 Å². The predicted octanol–water partition coefficient (Wildman–Crippen LogP) is 1.08. The SMILES string of the molecule is CCCC(C)(O)CNC(=O)C1CCOCC1. The van der Waals surface area contributed by atoms with Crippen molar-refractivity contribution < 1.29 is 14.6 Å². The fourth-order valence-corrected chi connectivity index (χ4v) is 2.01. The highest BCUT2D eigenvalue weighted by Crippen LogP contribution is 2.15. The van der Waals surface area contributed by atoms with Crippen molar-refractivity contribution in [3.63, 3.8) is 0 Å². The van der Waals surface area contributed by atoms with Gasteiger partial charge in [-0.3, -0.25) is 4.79 Å². The van der Waals surface area contributed by atoms with E-state index >= 15 is 0 Å². The minimum absolute atomic E-state index is 0.0553. The highest BCUT2D eigenvalue weighted by Gasteiger charge is 2.24. The molecule has 2 N–H and O–H groups in total. The monoisotopic (exact) mass is 229 g/mol. The van der Waals surface area contributed by atoms with E-state index in [9.17, 15) is 9.90 Å². The van der Waals surface area contributed by atoms with E-state index < -0.39 is 5.60 Å². The van der Waals surface area contributed by atoms with E-state index in [0.717, 1.165) is 19.3 Å². The maximum absolute atomic E-state index is 11.8. The molecule has 1 saturated heterocycles. The number of hydrogen-bond donors (Lipinski definition) is 2. The van der Waals surface area contributed by atoms with Crippen LogP contribution in [0.4, 0.5) is 0 Å². The lowest BCUT2D eigenvalue weighted by atomic mass is 9.97. The predicted molar refractivity (Wildman–Crippen MR) is 62.1 cm³/mol. The topological polar surface area (TPSA) is 58.6 Å². The van der Waals surface area contributed by atoms with Crippen LogP contribution in [-0.2, 0) is 9.53 Å². The molecule has 0 spiro atoms. The number of carbonyl (C=O) groups is 1. The first-order chi connectivity index (χ1) is 7.55. The molecule has 4 heteroatoms. The summed E-state index contributed by atoms with van der Waals surface area (Å²) in [5, 5.41) is 12.8. The largest absolute Gasteiger partial charge is 0.388 e. The Morgan fingerprint density at radius 1 is 1.50 bits per heavy atom. The van der Waals surface area contributed by atoms with Crippen molar-refractivity contribution in [2.24, 2.45) is 5.92 Å². The molecule has 1 unspecified atom stereocenters. The highest BCUT2D eigenvalue weighted by molar-refractivity contribution is 5.78. The minimum atomic E-state index is -0.782. The van der Waals surface area contributed by atoms with Crippen LogP contribution in [0.1, 0.15) is 39.5 Å². The van der Waals surface area contributed by atoms with Crippen molar-refractivity contribution >= 4 is 5.91 Å². The quantitative estimate of drug-likeness (QED) is 0.741.